The summed E-state index contributed by atoms with van der Waals surface area (Å²) in [6.07, 6.45) is 2.60. The minimum atomic E-state index is -0.988. The second kappa shape index (κ2) is 7.23. The second-order valence-electron chi connectivity index (χ2n) is 5.50. The van der Waals surface area contributed by atoms with Gasteiger partial charge in [-0.3, -0.25) is 0 Å². The van der Waals surface area contributed by atoms with Crippen LogP contribution in [0, 0.1) is 5.92 Å². The first-order valence-corrected chi connectivity index (χ1v) is 6.72. The van der Waals surface area contributed by atoms with Gasteiger partial charge in [-0.2, -0.15) is 0 Å². The predicted octanol–water partition coefficient (Wildman–Crippen LogP) is 1.52. The summed E-state index contributed by atoms with van der Waals surface area (Å²) in [4.78, 5) is 13.2. The minimum absolute atomic E-state index is 0.102. The van der Waals surface area contributed by atoms with Crippen molar-refractivity contribution >= 4 is 5.97 Å². The molecule has 0 fully saturated rings. The summed E-state index contributed by atoms with van der Waals surface area (Å²) < 4.78 is 1.75. The zero-order valence-electron chi connectivity index (χ0n) is 12.3. The van der Waals surface area contributed by atoms with E-state index in [1.165, 1.54) is 0 Å². The Labute approximate surface area is 114 Å². The van der Waals surface area contributed by atoms with Crippen molar-refractivity contribution in [2.75, 3.05) is 20.6 Å². The Bertz CT molecular complexity index is 413. The highest BCUT2D eigenvalue weighted by Crippen LogP contribution is 2.13. The topological polar surface area (TPSA) is 71.2 Å². The summed E-state index contributed by atoms with van der Waals surface area (Å²) in [6, 6.07) is 0. The molecule has 0 saturated carbocycles. The Morgan fingerprint density at radius 1 is 1.42 bits per heavy atom. The van der Waals surface area contributed by atoms with Gasteiger partial charge in [0.2, 0.25) is 0 Å². The molecule has 6 heteroatoms. The average Bonchev–Trinajstić information content (AvgIpc) is 2.69. The van der Waals surface area contributed by atoms with E-state index in [-0.39, 0.29) is 5.69 Å². The van der Waals surface area contributed by atoms with Crippen molar-refractivity contribution in [3.05, 3.63) is 11.4 Å². The zero-order valence-corrected chi connectivity index (χ0v) is 12.3. The van der Waals surface area contributed by atoms with E-state index in [0.29, 0.717) is 18.9 Å². The molecule has 0 aliphatic rings. The summed E-state index contributed by atoms with van der Waals surface area (Å²) in [6.45, 7) is 5.92. The van der Waals surface area contributed by atoms with Crippen LogP contribution in [0.5, 0.6) is 0 Å². The summed E-state index contributed by atoms with van der Waals surface area (Å²) in [5.74, 6) is -0.454. The van der Waals surface area contributed by atoms with Crippen LogP contribution in [-0.2, 0) is 13.0 Å². The fourth-order valence-electron chi connectivity index (χ4n) is 1.89. The number of hydrogen-bond donors (Lipinski definition) is 1. The third kappa shape index (κ3) is 4.98. The standard InChI is InChI=1S/C13H24N4O2/c1-10(2)6-7-11-12(13(18)19)14-15-17(11)9-5-8-16(3)4/h10H,5-9H2,1-4H3,(H,18,19). The van der Waals surface area contributed by atoms with E-state index in [1.54, 1.807) is 4.68 Å². The molecule has 1 heterocycles. The Hall–Kier alpha value is -1.43. The molecule has 0 amide bonds. The highest BCUT2D eigenvalue weighted by Gasteiger charge is 2.18. The Morgan fingerprint density at radius 3 is 2.63 bits per heavy atom. The van der Waals surface area contributed by atoms with E-state index in [9.17, 15) is 4.79 Å². The molecular weight excluding hydrogens is 244 g/mol. The zero-order chi connectivity index (χ0) is 14.4. The van der Waals surface area contributed by atoms with Crippen molar-refractivity contribution in [1.29, 1.82) is 0 Å². The van der Waals surface area contributed by atoms with Crippen molar-refractivity contribution < 1.29 is 9.90 Å². The number of hydrogen-bond acceptors (Lipinski definition) is 4. The highest BCUT2D eigenvalue weighted by atomic mass is 16.4. The van der Waals surface area contributed by atoms with Crippen LogP contribution < -0.4 is 0 Å². The third-order valence-electron chi connectivity index (χ3n) is 2.97. The van der Waals surface area contributed by atoms with E-state index >= 15 is 0 Å². The van der Waals surface area contributed by atoms with Gasteiger partial charge in [0.05, 0.1) is 5.69 Å². The molecule has 0 spiro atoms. The SMILES string of the molecule is CC(C)CCc1c(C(=O)O)nnn1CCCN(C)C. The van der Waals surface area contributed by atoms with Crippen LogP contribution in [0.4, 0.5) is 0 Å². The Balaban J connectivity index is 2.75. The maximum Gasteiger partial charge on any atom is 0.358 e. The predicted molar refractivity (Wildman–Crippen MR) is 73.3 cm³/mol. The molecule has 0 radical (unpaired) electrons. The summed E-state index contributed by atoms with van der Waals surface area (Å²) in [5.41, 5.74) is 0.852. The first-order chi connectivity index (χ1) is 8.91. The van der Waals surface area contributed by atoms with Crippen LogP contribution >= 0.6 is 0 Å². The van der Waals surface area contributed by atoms with Crippen LogP contribution in [0.15, 0.2) is 0 Å². The fraction of sp³-hybridized carbons (Fsp3) is 0.769. The van der Waals surface area contributed by atoms with Gasteiger partial charge in [0.1, 0.15) is 0 Å². The molecule has 0 atom stereocenters. The van der Waals surface area contributed by atoms with Gasteiger partial charge in [0, 0.05) is 6.54 Å². The second-order valence-corrected chi connectivity index (χ2v) is 5.50. The minimum Gasteiger partial charge on any atom is -0.476 e. The first kappa shape index (κ1) is 15.6. The van der Waals surface area contributed by atoms with Crippen LogP contribution in [0.1, 0.15) is 42.9 Å². The van der Waals surface area contributed by atoms with Crippen LogP contribution in [-0.4, -0.2) is 51.6 Å². The number of aromatic nitrogens is 3. The average molecular weight is 268 g/mol. The van der Waals surface area contributed by atoms with E-state index in [0.717, 1.165) is 25.1 Å². The molecule has 19 heavy (non-hydrogen) atoms. The smallest absolute Gasteiger partial charge is 0.358 e. The number of carbonyl (C=O) groups is 1. The molecule has 6 nitrogen and oxygen atoms in total. The molecule has 1 aromatic rings. The number of nitrogens with zero attached hydrogens (tertiary/aromatic N) is 4. The van der Waals surface area contributed by atoms with Gasteiger partial charge in [-0.15, -0.1) is 5.10 Å². The largest absolute Gasteiger partial charge is 0.476 e. The normalized spacial score (nSPS) is 11.5. The maximum atomic E-state index is 11.1. The molecule has 108 valence electrons. The van der Waals surface area contributed by atoms with Gasteiger partial charge in [-0.1, -0.05) is 19.1 Å². The lowest BCUT2D eigenvalue weighted by molar-refractivity contribution is 0.0689. The molecule has 0 aliphatic heterocycles. The van der Waals surface area contributed by atoms with Crippen LogP contribution in [0.2, 0.25) is 0 Å². The number of carboxylic acids is 1. The van der Waals surface area contributed by atoms with Crippen LogP contribution in [0.25, 0.3) is 0 Å². The highest BCUT2D eigenvalue weighted by molar-refractivity contribution is 5.86. The molecule has 0 unspecified atom stereocenters. The van der Waals surface area contributed by atoms with Crippen molar-refractivity contribution in [2.45, 2.75) is 39.7 Å². The lowest BCUT2D eigenvalue weighted by Crippen LogP contribution is -2.17. The summed E-state index contributed by atoms with van der Waals surface area (Å²) >= 11 is 0. The molecular formula is C13H24N4O2. The lowest BCUT2D eigenvalue weighted by Gasteiger charge is -2.11. The summed E-state index contributed by atoms with van der Waals surface area (Å²) in [5, 5.41) is 16.9. The van der Waals surface area contributed by atoms with Gasteiger partial charge in [0.15, 0.2) is 5.69 Å². The van der Waals surface area contributed by atoms with E-state index in [2.05, 4.69) is 29.1 Å². The van der Waals surface area contributed by atoms with E-state index in [1.807, 2.05) is 14.1 Å². The summed E-state index contributed by atoms with van der Waals surface area (Å²) in [7, 11) is 4.04. The molecule has 1 N–H and O–H groups in total. The molecule has 1 aromatic heterocycles. The molecule has 0 saturated heterocycles. The van der Waals surface area contributed by atoms with Crippen LogP contribution in [0.3, 0.4) is 0 Å². The van der Waals surface area contributed by atoms with Gasteiger partial charge < -0.3 is 10.0 Å². The Kier molecular flexibility index (Phi) is 5.95. The number of aryl methyl sites for hydroxylation is 1. The molecule has 1 rings (SSSR count). The number of aromatic carboxylic acids is 1. The van der Waals surface area contributed by atoms with Crippen molar-refractivity contribution in [1.82, 2.24) is 19.9 Å². The monoisotopic (exact) mass is 268 g/mol. The van der Waals surface area contributed by atoms with Crippen molar-refractivity contribution in [2.24, 2.45) is 5.92 Å². The molecule has 0 aromatic carbocycles. The molecule has 0 aliphatic carbocycles. The number of carboxylic acid groups (broad SMARTS) is 1. The van der Waals surface area contributed by atoms with Gasteiger partial charge >= 0.3 is 5.97 Å². The number of rotatable bonds is 8. The third-order valence-corrected chi connectivity index (χ3v) is 2.97. The maximum absolute atomic E-state index is 11.1. The first-order valence-electron chi connectivity index (χ1n) is 6.72. The van der Waals surface area contributed by atoms with E-state index in [4.69, 9.17) is 5.11 Å². The van der Waals surface area contributed by atoms with Crippen molar-refractivity contribution in [3.8, 4) is 0 Å². The van der Waals surface area contributed by atoms with Gasteiger partial charge in [-0.25, -0.2) is 9.48 Å². The van der Waals surface area contributed by atoms with Crippen molar-refractivity contribution in [3.63, 3.8) is 0 Å². The quantitative estimate of drug-likeness (QED) is 0.774. The van der Waals surface area contributed by atoms with E-state index < -0.39 is 5.97 Å². The Morgan fingerprint density at radius 2 is 2.11 bits per heavy atom. The van der Waals surface area contributed by atoms with Gasteiger partial charge in [-0.05, 0) is 45.8 Å². The molecule has 0 bridgehead atoms. The lowest BCUT2D eigenvalue weighted by atomic mass is 10.1. The fourth-order valence-corrected chi connectivity index (χ4v) is 1.89. The van der Waals surface area contributed by atoms with Gasteiger partial charge in [0.25, 0.3) is 0 Å².